The molecular weight excluding hydrogens is 412 g/mol. The van der Waals surface area contributed by atoms with E-state index in [-0.39, 0.29) is 23.7 Å². The first-order chi connectivity index (χ1) is 13.0. The lowest BCUT2D eigenvalue weighted by molar-refractivity contribution is -0.127. The van der Waals surface area contributed by atoms with Crippen molar-refractivity contribution in [1.82, 2.24) is 25.3 Å². The number of carbonyl (C=O) groups is 2. The van der Waals surface area contributed by atoms with E-state index in [0.717, 1.165) is 23.3 Å². The number of nitrogens with zero attached hydrogens (tertiary/aromatic N) is 3. The number of aromatic nitrogens is 4. The zero-order chi connectivity index (χ0) is 19.0. The van der Waals surface area contributed by atoms with Gasteiger partial charge in [0.25, 0.3) is 0 Å². The molecule has 3 N–H and O–H groups in total. The van der Waals surface area contributed by atoms with Crippen LogP contribution >= 0.6 is 15.9 Å². The van der Waals surface area contributed by atoms with E-state index in [2.05, 4.69) is 46.5 Å². The van der Waals surface area contributed by atoms with Crippen LogP contribution in [-0.4, -0.2) is 37.8 Å². The molecule has 1 fully saturated rings. The van der Waals surface area contributed by atoms with E-state index < -0.39 is 6.04 Å². The molecule has 0 saturated heterocycles. The maximum Gasteiger partial charge on any atom is 0.247 e. The number of nitrogens with one attached hydrogen (secondary N) is 3. The Morgan fingerprint density at radius 1 is 1.26 bits per heavy atom. The lowest BCUT2D eigenvalue weighted by atomic mass is 10.2. The SMILES string of the molecule is CC(NC(=O)[C@@H]1C[C@H]1c1nc2ccccc2[nH]1)C(=O)Nc1cnc(Br)cn1. The van der Waals surface area contributed by atoms with Crippen molar-refractivity contribution in [2.24, 2.45) is 5.92 Å². The predicted octanol–water partition coefficient (Wildman–Crippen LogP) is 2.36. The minimum absolute atomic E-state index is 0.0602. The van der Waals surface area contributed by atoms with Gasteiger partial charge in [0.2, 0.25) is 11.8 Å². The van der Waals surface area contributed by atoms with Crippen molar-refractivity contribution in [3.8, 4) is 0 Å². The van der Waals surface area contributed by atoms with Gasteiger partial charge in [-0.25, -0.2) is 15.0 Å². The third-order valence-corrected chi connectivity index (χ3v) is 4.92. The Kier molecular flexibility index (Phi) is 4.61. The van der Waals surface area contributed by atoms with Crippen LogP contribution in [0.1, 0.15) is 25.1 Å². The number of imidazole rings is 1. The van der Waals surface area contributed by atoms with Gasteiger partial charge in [0.1, 0.15) is 16.5 Å². The number of para-hydroxylation sites is 2. The highest BCUT2D eigenvalue weighted by Crippen LogP contribution is 2.46. The third kappa shape index (κ3) is 3.82. The normalized spacial score (nSPS) is 19.5. The van der Waals surface area contributed by atoms with Crippen molar-refractivity contribution in [3.05, 3.63) is 47.1 Å². The van der Waals surface area contributed by atoms with Gasteiger partial charge in [-0.1, -0.05) is 12.1 Å². The molecule has 1 saturated carbocycles. The van der Waals surface area contributed by atoms with Crippen LogP contribution < -0.4 is 10.6 Å². The van der Waals surface area contributed by atoms with Gasteiger partial charge < -0.3 is 15.6 Å². The van der Waals surface area contributed by atoms with Gasteiger partial charge in [0.15, 0.2) is 5.82 Å². The first kappa shape index (κ1) is 17.6. The van der Waals surface area contributed by atoms with Gasteiger partial charge in [-0.2, -0.15) is 0 Å². The number of rotatable bonds is 5. The molecule has 3 aromatic rings. The summed E-state index contributed by atoms with van der Waals surface area (Å²) < 4.78 is 0.576. The van der Waals surface area contributed by atoms with Gasteiger partial charge in [-0.05, 0) is 41.4 Å². The lowest BCUT2D eigenvalue weighted by Gasteiger charge is -2.13. The largest absolute Gasteiger partial charge is 0.344 e. The van der Waals surface area contributed by atoms with Crippen LogP contribution in [-0.2, 0) is 9.59 Å². The Labute approximate surface area is 163 Å². The Hall–Kier alpha value is -2.81. The Morgan fingerprint density at radius 2 is 2.07 bits per heavy atom. The summed E-state index contributed by atoms with van der Waals surface area (Å²) in [5.74, 6) is 0.540. The van der Waals surface area contributed by atoms with Crippen molar-refractivity contribution in [2.75, 3.05) is 5.32 Å². The summed E-state index contributed by atoms with van der Waals surface area (Å²) in [6.45, 7) is 1.64. The molecular formula is C18H17BrN6O2. The highest BCUT2D eigenvalue weighted by molar-refractivity contribution is 9.10. The van der Waals surface area contributed by atoms with E-state index in [1.165, 1.54) is 12.4 Å². The van der Waals surface area contributed by atoms with E-state index in [1.54, 1.807) is 6.92 Å². The molecule has 2 heterocycles. The Balaban J connectivity index is 1.33. The van der Waals surface area contributed by atoms with Crippen LogP contribution in [0.25, 0.3) is 11.0 Å². The van der Waals surface area contributed by atoms with E-state index in [9.17, 15) is 9.59 Å². The minimum Gasteiger partial charge on any atom is -0.344 e. The smallest absolute Gasteiger partial charge is 0.247 e. The van der Waals surface area contributed by atoms with Gasteiger partial charge in [0.05, 0.1) is 23.4 Å². The number of fused-ring (bicyclic) bond motifs is 1. The average molecular weight is 429 g/mol. The molecule has 3 atom stereocenters. The van der Waals surface area contributed by atoms with Crippen LogP contribution in [0.4, 0.5) is 5.82 Å². The number of hydrogen-bond donors (Lipinski definition) is 3. The van der Waals surface area contributed by atoms with Crippen LogP contribution in [0.15, 0.2) is 41.3 Å². The summed E-state index contributed by atoms with van der Waals surface area (Å²) in [6, 6.07) is 7.09. The van der Waals surface area contributed by atoms with Gasteiger partial charge in [-0.15, -0.1) is 0 Å². The van der Waals surface area contributed by atoms with E-state index in [0.29, 0.717) is 10.4 Å². The molecule has 1 aromatic carbocycles. The minimum atomic E-state index is -0.681. The molecule has 138 valence electrons. The number of halogens is 1. The zero-order valence-corrected chi connectivity index (χ0v) is 16.0. The molecule has 0 spiro atoms. The highest BCUT2D eigenvalue weighted by atomic mass is 79.9. The third-order valence-electron chi connectivity index (χ3n) is 4.51. The van der Waals surface area contributed by atoms with Gasteiger partial charge in [-0.3, -0.25) is 9.59 Å². The van der Waals surface area contributed by atoms with Crippen LogP contribution in [0.3, 0.4) is 0 Å². The molecule has 1 aliphatic rings. The number of aromatic amines is 1. The lowest BCUT2D eigenvalue weighted by Crippen LogP contribution is -2.42. The number of carbonyl (C=O) groups excluding carboxylic acids is 2. The van der Waals surface area contributed by atoms with Crippen molar-refractivity contribution in [2.45, 2.75) is 25.3 Å². The topological polar surface area (TPSA) is 113 Å². The summed E-state index contributed by atoms with van der Waals surface area (Å²) in [4.78, 5) is 40.5. The number of H-pyrrole nitrogens is 1. The van der Waals surface area contributed by atoms with Gasteiger partial charge >= 0.3 is 0 Å². The first-order valence-corrected chi connectivity index (χ1v) is 9.34. The summed E-state index contributed by atoms with van der Waals surface area (Å²) in [6.07, 6.45) is 3.65. The molecule has 1 aliphatic carbocycles. The van der Waals surface area contributed by atoms with E-state index >= 15 is 0 Å². The summed E-state index contributed by atoms with van der Waals surface area (Å²) >= 11 is 3.18. The molecule has 9 heteroatoms. The molecule has 0 bridgehead atoms. The molecule has 2 amide bonds. The molecule has 0 radical (unpaired) electrons. The predicted molar refractivity (Wildman–Crippen MR) is 103 cm³/mol. The fourth-order valence-electron chi connectivity index (χ4n) is 2.93. The maximum absolute atomic E-state index is 12.4. The van der Waals surface area contributed by atoms with Crippen LogP contribution in [0.2, 0.25) is 0 Å². The van der Waals surface area contributed by atoms with Crippen molar-refractivity contribution in [1.29, 1.82) is 0 Å². The van der Waals surface area contributed by atoms with Crippen LogP contribution in [0.5, 0.6) is 0 Å². The Morgan fingerprint density at radius 3 is 2.81 bits per heavy atom. The molecule has 8 nitrogen and oxygen atoms in total. The number of amides is 2. The van der Waals surface area contributed by atoms with Crippen molar-refractivity contribution < 1.29 is 9.59 Å². The number of hydrogen-bond acceptors (Lipinski definition) is 5. The summed E-state index contributed by atoms with van der Waals surface area (Å²) in [7, 11) is 0. The van der Waals surface area contributed by atoms with E-state index in [1.807, 2.05) is 24.3 Å². The van der Waals surface area contributed by atoms with Crippen molar-refractivity contribution >= 4 is 44.6 Å². The molecule has 4 rings (SSSR count). The average Bonchev–Trinajstić information content (AvgIpc) is 3.35. The fourth-order valence-corrected chi connectivity index (χ4v) is 3.14. The van der Waals surface area contributed by atoms with Gasteiger partial charge in [0, 0.05) is 11.8 Å². The quantitative estimate of drug-likeness (QED) is 0.577. The molecule has 1 unspecified atom stereocenters. The molecule has 2 aromatic heterocycles. The zero-order valence-electron chi connectivity index (χ0n) is 14.4. The monoisotopic (exact) mass is 428 g/mol. The number of anilines is 1. The molecule has 27 heavy (non-hydrogen) atoms. The molecule has 0 aliphatic heterocycles. The van der Waals surface area contributed by atoms with Crippen molar-refractivity contribution in [3.63, 3.8) is 0 Å². The first-order valence-electron chi connectivity index (χ1n) is 8.54. The fraction of sp³-hybridized carbons (Fsp3) is 0.278. The Bertz CT molecular complexity index is 970. The second-order valence-corrected chi connectivity index (χ2v) is 7.34. The summed E-state index contributed by atoms with van der Waals surface area (Å²) in [5.41, 5.74) is 1.85. The summed E-state index contributed by atoms with van der Waals surface area (Å²) in [5, 5.41) is 5.38. The standard InChI is InChI=1S/C18H17BrN6O2/c1-9(17(26)25-15-8-20-14(19)7-21-15)22-18(27)11-6-10(11)16-23-12-4-2-3-5-13(12)24-16/h2-5,7-11H,6H2,1H3,(H,22,27)(H,23,24)(H,21,25,26)/t9?,10-,11-/m1/s1. The van der Waals surface area contributed by atoms with Crippen LogP contribution in [0, 0.1) is 5.92 Å². The van der Waals surface area contributed by atoms with E-state index in [4.69, 9.17) is 0 Å². The maximum atomic E-state index is 12.4. The second-order valence-electron chi connectivity index (χ2n) is 6.53. The second kappa shape index (κ2) is 7.07. The highest BCUT2D eigenvalue weighted by Gasteiger charge is 2.46. The number of benzene rings is 1.